The van der Waals surface area contributed by atoms with Crippen LogP contribution in [0.1, 0.15) is 6.92 Å². The smallest absolute Gasteiger partial charge is 0.244 e. The van der Waals surface area contributed by atoms with Crippen molar-refractivity contribution in [3.8, 4) is 0 Å². The molecule has 1 amide bonds. The quantitative estimate of drug-likeness (QED) is 0.722. The number of rotatable bonds is 4. The number of aliphatic hydroxyl groups is 1. The second kappa shape index (κ2) is 4.76. The van der Waals surface area contributed by atoms with Crippen molar-refractivity contribution >= 4 is 5.91 Å². The fourth-order valence-electron chi connectivity index (χ4n) is 1.01. The summed E-state index contributed by atoms with van der Waals surface area (Å²) < 4.78 is 1.56. The van der Waals surface area contributed by atoms with Crippen molar-refractivity contribution in [3.05, 3.63) is 18.5 Å². The van der Waals surface area contributed by atoms with Gasteiger partial charge in [-0.3, -0.25) is 9.48 Å². The minimum Gasteiger partial charge on any atom is -0.394 e. The molecule has 1 aromatic heterocycles. The number of hydrogen-bond acceptors (Lipinski definition) is 3. The summed E-state index contributed by atoms with van der Waals surface area (Å²) in [5.41, 5.74) is 0. The van der Waals surface area contributed by atoms with Crippen LogP contribution in [0.5, 0.6) is 0 Å². The second-order valence-corrected chi connectivity index (χ2v) is 3.24. The lowest BCUT2D eigenvalue weighted by atomic mass is 10.3. The number of aliphatic hydroxyl groups excluding tert-OH is 1. The molecule has 0 aliphatic rings. The summed E-state index contributed by atoms with van der Waals surface area (Å²) in [7, 11) is 1.67. The Kier molecular flexibility index (Phi) is 3.64. The first-order valence-corrected chi connectivity index (χ1v) is 4.49. The zero-order valence-corrected chi connectivity index (χ0v) is 8.42. The van der Waals surface area contributed by atoms with Crippen molar-refractivity contribution in [2.75, 3.05) is 13.7 Å². The van der Waals surface area contributed by atoms with Gasteiger partial charge in [0, 0.05) is 19.4 Å². The maximum atomic E-state index is 11.6. The maximum Gasteiger partial charge on any atom is 0.244 e. The molecular formula is C9H15N3O2. The molecule has 0 saturated carbocycles. The molecule has 14 heavy (non-hydrogen) atoms. The van der Waals surface area contributed by atoms with E-state index in [1.54, 1.807) is 37.1 Å². The Bertz CT molecular complexity index is 284. The molecule has 1 unspecified atom stereocenters. The minimum atomic E-state index is -0.155. The van der Waals surface area contributed by atoms with Gasteiger partial charge in [-0.2, -0.15) is 5.10 Å². The monoisotopic (exact) mass is 197 g/mol. The van der Waals surface area contributed by atoms with E-state index >= 15 is 0 Å². The topological polar surface area (TPSA) is 58.4 Å². The molecule has 78 valence electrons. The zero-order valence-electron chi connectivity index (χ0n) is 8.42. The maximum absolute atomic E-state index is 11.6. The molecule has 0 bridgehead atoms. The largest absolute Gasteiger partial charge is 0.394 e. The summed E-state index contributed by atoms with van der Waals surface area (Å²) in [5.74, 6) is -0.0600. The molecule has 1 rings (SSSR count). The van der Waals surface area contributed by atoms with E-state index in [9.17, 15) is 4.79 Å². The second-order valence-electron chi connectivity index (χ2n) is 3.24. The Morgan fingerprint density at radius 3 is 2.93 bits per heavy atom. The molecule has 1 aromatic rings. The highest BCUT2D eigenvalue weighted by atomic mass is 16.3. The summed E-state index contributed by atoms with van der Waals surface area (Å²) in [6.45, 7) is 1.98. The SMILES string of the molecule is CC(CO)N(C)C(=O)Cn1cccn1. The average molecular weight is 197 g/mol. The van der Waals surface area contributed by atoms with E-state index < -0.39 is 0 Å². The van der Waals surface area contributed by atoms with Crippen molar-refractivity contribution in [2.24, 2.45) is 0 Å². The highest BCUT2D eigenvalue weighted by Gasteiger charge is 2.14. The summed E-state index contributed by atoms with van der Waals surface area (Å²) in [4.78, 5) is 13.1. The van der Waals surface area contributed by atoms with E-state index in [-0.39, 0.29) is 25.1 Å². The van der Waals surface area contributed by atoms with Gasteiger partial charge in [0.15, 0.2) is 0 Å². The van der Waals surface area contributed by atoms with Crippen molar-refractivity contribution in [1.82, 2.24) is 14.7 Å². The van der Waals surface area contributed by atoms with Crippen molar-refractivity contribution in [1.29, 1.82) is 0 Å². The van der Waals surface area contributed by atoms with Crippen LogP contribution in [0.4, 0.5) is 0 Å². The molecule has 5 nitrogen and oxygen atoms in total. The van der Waals surface area contributed by atoms with Crippen LogP contribution in [0.3, 0.4) is 0 Å². The molecule has 5 heteroatoms. The van der Waals surface area contributed by atoms with Gasteiger partial charge < -0.3 is 10.0 Å². The van der Waals surface area contributed by atoms with Gasteiger partial charge >= 0.3 is 0 Å². The molecule has 1 N–H and O–H groups in total. The van der Waals surface area contributed by atoms with Crippen LogP contribution < -0.4 is 0 Å². The highest BCUT2D eigenvalue weighted by molar-refractivity contribution is 5.75. The van der Waals surface area contributed by atoms with Gasteiger partial charge in [0.2, 0.25) is 5.91 Å². The first kappa shape index (κ1) is 10.7. The van der Waals surface area contributed by atoms with Crippen molar-refractivity contribution < 1.29 is 9.90 Å². The standard InChI is InChI=1S/C9H15N3O2/c1-8(7-13)11(2)9(14)6-12-5-3-4-10-12/h3-5,8,13H,6-7H2,1-2H3. The first-order valence-electron chi connectivity index (χ1n) is 4.49. The normalized spacial score (nSPS) is 12.5. The lowest BCUT2D eigenvalue weighted by Crippen LogP contribution is -2.39. The van der Waals surface area contributed by atoms with Crippen LogP contribution in [0.15, 0.2) is 18.5 Å². The van der Waals surface area contributed by atoms with Crippen LogP contribution in [-0.4, -0.2) is 45.4 Å². The molecule has 0 saturated heterocycles. The van der Waals surface area contributed by atoms with Gasteiger partial charge in [-0.05, 0) is 13.0 Å². The summed E-state index contributed by atoms with van der Waals surface area (Å²) in [6, 6.07) is 1.61. The molecule has 0 spiro atoms. The Hall–Kier alpha value is -1.36. The highest BCUT2D eigenvalue weighted by Crippen LogP contribution is 1.97. The van der Waals surface area contributed by atoms with Crippen LogP contribution in [0.2, 0.25) is 0 Å². The number of nitrogens with zero attached hydrogens (tertiary/aromatic N) is 3. The van der Waals surface area contributed by atoms with E-state index in [2.05, 4.69) is 5.10 Å². The van der Waals surface area contributed by atoms with Gasteiger partial charge in [0.05, 0.1) is 12.6 Å². The Morgan fingerprint density at radius 1 is 1.71 bits per heavy atom. The summed E-state index contributed by atoms with van der Waals surface area (Å²) in [5, 5.41) is 12.8. The molecular weight excluding hydrogens is 182 g/mol. The van der Waals surface area contributed by atoms with Crippen LogP contribution in [0.25, 0.3) is 0 Å². The molecule has 0 aliphatic heterocycles. The summed E-state index contributed by atoms with van der Waals surface area (Å²) >= 11 is 0. The van der Waals surface area contributed by atoms with Gasteiger partial charge in [0.1, 0.15) is 6.54 Å². The Balaban J connectivity index is 2.50. The number of aromatic nitrogens is 2. The average Bonchev–Trinajstić information content (AvgIpc) is 2.68. The predicted octanol–water partition coefficient (Wildman–Crippen LogP) is -0.278. The third-order valence-electron chi connectivity index (χ3n) is 2.18. The van der Waals surface area contributed by atoms with Gasteiger partial charge in [-0.1, -0.05) is 0 Å². The van der Waals surface area contributed by atoms with Gasteiger partial charge in [0.25, 0.3) is 0 Å². The zero-order chi connectivity index (χ0) is 10.6. The predicted molar refractivity (Wildman–Crippen MR) is 51.5 cm³/mol. The number of carbonyl (C=O) groups is 1. The van der Waals surface area contributed by atoms with Crippen molar-refractivity contribution in [3.63, 3.8) is 0 Å². The van der Waals surface area contributed by atoms with Gasteiger partial charge in [-0.15, -0.1) is 0 Å². The molecule has 0 aliphatic carbocycles. The Morgan fingerprint density at radius 2 is 2.43 bits per heavy atom. The first-order chi connectivity index (χ1) is 6.65. The number of hydrogen-bond donors (Lipinski definition) is 1. The Labute approximate surface area is 82.9 Å². The summed E-state index contributed by atoms with van der Waals surface area (Å²) in [6.07, 6.45) is 3.36. The third-order valence-corrected chi connectivity index (χ3v) is 2.18. The molecule has 0 aromatic carbocycles. The fourth-order valence-corrected chi connectivity index (χ4v) is 1.01. The van der Waals surface area contributed by atoms with E-state index in [1.807, 2.05) is 0 Å². The fraction of sp³-hybridized carbons (Fsp3) is 0.556. The van der Waals surface area contributed by atoms with E-state index in [0.717, 1.165) is 0 Å². The molecule has 1 heterocycles. The lowest BCUT2D eigenvalue weighted by Gasteiger charge is -2.22. The van der Waals surface area contributed by atoms with Crippen molar-refractivity contribution in [2.45, 2.75) is 19.5 Å². The van der Waals surface area contributed by atoms with Crippen LogP contribution in [0, 0.1) is 0 Å². The number of carbonyl (C=O) groups excluding carboxylic acids is 1. The number of amides is 1. The van der Waals surface area contributed by atoms with Crippen LogP contribution in [-0.2, 0) is 11.3 Å². The minimum absolute atomic E-state index is 0.0264. The molecule has 0 fully saturated rings. The van der Waals surface area contributed by atoms with E-state index in [4.69, 9.17) is 5.11 Å². The van der Waals surface area contributed by atoms with E-state index in [1.165, 1.54) is 4.90 Å². The van der Waals surface area contributed by atoms with Crippen LogP contribution >= 0.6 is 0 Å². The lowest BCUT2D eigenvalue weighted by molar-refractivity contribution is -0.133. The molecule has 1 atom stereocenters. The van der Waals surface area contributed by atoms with Gasteiger partial charge in [-0.25, -0.2) is 0 Å². The third kappa shape index (κ3) is 2.56. The molecule has 0 radical (unpaired) electrons. The number of likely N-dealkylation sites (N-methyl/N-ethyl adjacent to an activating group) is 1. The van der Waals surface area contributed by atoms with E-state index in [0.29, 0.717) is 0 Å².